The molecule has 0 N–H and O–H groups in total. The SMILES string of the molecule is CC1=[C-]C(C)C=C1C.C[C](C)=[Zr+2].[c-]1cccc2c1Cc1ccccc1-2. The van der Waals surface area contributed by atoms with Crippen LogP contribution in [0.1, 0.15) is 45.7 Å². The molecular weight excluding hydrogens is 379 g/mol. The van der Waals surface area contributed by atoms with Crippen molar-refractivity contribution in [2.24, 2.45) is 5.92 Å². The van der Waals surface area contributed by atoms with E-state index in [9.17, 15) is 0 Å². The summed E-state index contributed by atoms with van der Waals surface area (Å²) in [7, 11) is 0. The molecular formula is C24H26Zr. The smallest absolute Gasteiger partial charge is 0.0253 e. The Balaban J connectivity index is 0.000000161. The van der Waals surface area contributed by atoms with Gasteiger partial charge in [-0.2, -0.15) is 35.9 Å². The maximum Gasteiger partial charge on any atom is -0.0253 e. The van der Waals surface area contributed by atoms with Crippen LogP contribution in [0.3, 0.4) is 0 Å². The van der Waals surface area contributed by atoms with Crippen LogP contribution in [0.15, 0.2) is 59.7 Å². The molecule has 2 aromatic carbocycles. The molecule has 0 heterocycles. The molecule has 4 rings (SSSR count). The van der Waals surface area contributed by atoms with Crippen LogP contribution in [0, 0.1) is 18.1 Å². The first-order chi connectivity index (χ1) is 11.9. The fourth-order valence-corrected chi connectivity index (χ4v) is 2.99. The van der Waals surface area contributed by atoms with Gasteiger partial charge in [-0.05, 0) is 6.42 Å². The van der Waals surface area contributed by atoms with Crippen LogP contribution in [-0.4, -0.2) is 3.21 Å². The number of hydrogen-bond donors (Lipinski definition) is 0. The quantitative estimate of drug-likeness (QED) is 0.394. The molecule has 0 nitrogen and oxygen atoms in total. The Morgan fingerprint density at radius 2 is 1.68 bits per heavy atom. The molecule has 1 atom stereocenters. The van der Waals surface area contributed by atoms with Crippen molar-refractivity contribution in [3.05, 3.63) is 83.0 Å². The first kappa shape index (κ1) is 20.0. The van der Waals surface area contributed by atoms with Gasteiger partial charge in [-0.25, -0.2) is 11.1 Å². The third kappa shape index (κ3) is 5.86. The van der Waals surface area contributed by atoms with E-state index in [1.807, 2.05) is 6.07 Å². The average Bonchev–Trinajstić information content (AvgIpc) is 3.06. The summed E-state index contributed by atoms with van der Waals surface area (Å²) in [6.45, 7) is 10.6. The van der Waals surface area contributed by atoms with Crippen molar-refractivity contribution in [2.45, 2.75) is 41.0 Å². The van der Waals surface area contributed by atoms with Crippen LogP contribution in [0.25, 0.3) is 11.1 Å². The summed E-state index contributed by atoms with van der Waals surface area (Å²) in [6, 6.07) is 18.1. The molecule has 25 heavy (non-hydrogen) atoms. The monoisotopic (exact) mass is 404 g/mol. The standard InChI is InChI=1S/C13H9.C8H11.C3H6.Zr/c1-3-7-12-10(5-1)9-11-6-2-4-8-13(11)12;1-6-4-7(2)8(3)5-6;1-3-2;/h1-5,7-8H,9H2;4,6H,1-3H3;1-2H3;/q2*-1;;+2. The summed E-state index contributed by atoms with van der Waals surface area (Å²) in [5, 5.41) is 0. The van der Waals surface area contributed by atoms with Gasteiger partial charge < -0.3 is 0 Å². The first-order valence-electron chi connectivity index (χ1n) is 8.77. The van der Waals surface area contributed by atoms with Crippen molar-refractivity contribution >= 4 is 3.21 Å². The molecule has 0 radical (unpaired) electrons. The Morgan fingerprint density at radius 1 is 1.04 bits per heavy atom. The Bertz CT molecular complexity index is 743. The zero-order valence-electron chi connectivity index (χ0n) is 15.9. The number of benzene rings is 2. The number of fused-ring (bicyclic) bond motifs is 3. The zero-order chi connectivity index (χ0) is 18.4. The molecule has 2 aromatic rings. The summed E-state index contributed by atoms with van der Waals surface area (Å²) < 4.78 is 1.51. The number of rotatable bonds is 0. The number of hydrogen-bond acceptors (Lipinski definition) is 0. The molecule has 0 saturated heterocycles. The van der Waals surface area contributed by atoms with Gasteiger partial charge in [0.1, 0.15) is 0 Å². The largest absolute Gasteiger partial charge is 0.179 e. The summed E-state index contributed by atoms with van der Waals surface area (Å²) >= 11 is 1.55. The second-order valence-electron chi connectivity index (χ2n) is 6.80. The van der Waals surface area contributed by atoms with Crippen molar-refractivity contribution in [3.63, 3.8) is 0 Å². The third-order valence-corrected chi connectivity index (χ3v) is 4.15. The maximum atomic E-state index is 3.30. The molecule has 0 spiro atoms. The molecule has 0 amide bonds. The van der Waals surface area contributed by atoms with Gasteiger partial charge >= 0.3 is 41.3 Å². The van der Waals surface area contributed by atoms with Crippen LogP contribution < -0.4 is 0 Å². The predicted octanol–water partition coefficient (Wildman–Crippen LogP) is 6.14. The molecule has 1 unspecified atom stereocenters. The molecule has 2 aliphatic rings. The van der Waals surface area contributed by atoms with Crippen LogP contribution >= 0.6 is 0 Å². The van der Waals surface area contributed by atoms with Gasteiger partial charge in [-0.1, -0.05) is 55.2 Å². The molecule has 0 fully saturated rings. The molecule has 1 heteroatoms. The molecule has 0 aromatic heterocycles. The molecule has 0 bridgehead atoms. The Morgan fingerprint density at radius 3 is 2.24 bits per heavy atom. The van der Waals surface area contributed by atoms with E-state index < -0.39 is 0 Å². The topological polar surface area (TPSA) is 0 Å². The van der Waals surface area contributed by atoms with Gasteiger partial charge in [0.25, 0.3) is 0 Å². The van der Waals surface area contributed by atoms with E-state index in [1.165, 1.54) is 36.6 Å². The van der Waals surface area contributed by atoms with Crippen LogP contribution in [0.5, 0.6) is 0 Å². The normalized spacial score (nSPS) is 16.4. The minimum atomic E-state index is 0.551. The van der Waals surface area contributed by atoms with Crippen LogP contribution in [0.2, 0.25) is 0 Å². The summed E-state index contributed by atoms with van der Waals surface area (Å²) in [4.78, 5) is 0. The molecule has 126 valence electrons. The fourth-order valence-electron chi connectivity index (χ4n) is 2.99. The Kier molecular flexibility index (Phi) is 7.51. The zero-order valence-corrected chi connectivity index (χ0v) is 18.4. The molecule has 2 aliphatic carbocycles. The van der Waals surface area contributed by atoms with Gasteiger partial charge in [0.15, 0.2) is 0 Å². The van der Waals surface area contributed by atoms with Gasteiger partial charge in [-0.3, -0.25) is 6.08 Å². The second-order valence-corrected chi connectivity index (χ2v) is 9.26. The van der Waals surface area contributed by atoms with E-state index in [2.05, 4.69) is 89.2 Å². The van der Waals surface area contributed by atoms with E-state index in [4.69, 9.17) is 0 Å². The minimum absolute atomic E-state index is 0.551. The van der Waals surface area contributed by atoms with E-state index in [-0.39, 0.29) is 0 Å². The van der Waals surface area contributed by atoms with Crippen molar-refractivity contribution < 1.29 is 24.2 Å². The summed E-state index contributed by atoms with van der Waals surface area (Å²) in [5.41, 5.74) is 8.21. The van der Waals surface area contributed by atoms with E-state index in [0.717, 1.165) is 6.42 Å². The number of allylic oxidation sites excluding steroid dienone is 4. The van der Waals surface area contributed by atoms with E-state index >= 15 is 0 Å². The van der Waals surface area contributed by atoms with Crippen molar-refractivity contribution in [1.82, 2.24) is 0 Å². The van der Waals surface area contributed by atoms with Crippen molar-refractivity contribution in [3.8, 4) is 11.1 Å². The first-order valence-corrected chi connectivity index (χ1v) is 10.00. The van der Waals surface area contributed by atoms with E-state index in [1.54, 1.807) is 24.2 Å². The molecule has 0 aliphatic heterocycles. The van der Waals surface area contributed by atoms with Crippen LogP contribution in [-0.2, 0) is 30.7 Å². The fraction of sp³-hybridized carbons (Fsp3) is 0.292. The van der Waals surface area contributed by atoms with Gasteiger partial charge in [0, 0.05) is 0 Å². The summed E-state index contributed by atoms with van der Waals surface area (Å²) in [6.07, 6.45) is 6.57. The Labute approximate surface area is 168 Å². The van der Waals surface area contributed by atoms with Crippen molar-refractivity contribution in [1.29, 1.82) is 0 Å². The maximum absolute atomic E-state index is 3.30. The minimum Gasteiger partial charge on any atom is -0.179 e. The van der Waals surface area contributed by atoms with Gasteiger partial charge in [-0.15, -0.1) is 12.5 Å². The van der Waals surface area contributed by atoms with Gasteiger partial charge in [0.05, 0.1) is 0 Å². The molecule has 0 saturated carbocycles. The van der Waals surface area contributed by atoms with Crippen molar-refractivity contribution in [2.75, 3.05) is 0 Å². The third-order valence-electron chi connectivity index (χ3n) is 4.15. The van der Waals surface area contributed by atoms with E-state index in [0.29, 0.717) is 5.92 Å². The second kappa shape index (κ2) is 9.39. The summed E-state index contributed by atoms with van der Waals surface area (Å²) in [5.74, 6) is 0.551. The van der Waals surface area contributed by atoms with Crippen LogP contribution in [0.4, 0.5) is 0 Å². The van der Waals surface area contributed by atoms with Gasteiger partial charge in [0.2, 0.25) is 0 Å². The predicted molar refractivity (Wildman–Crippen MR) is 105 cm³/mol. The Hall–Kier alpha value is -1.33. The average molecular weight is 406 g/mol.